The number of hydrogen-bond donors (Lipinski definition) is 0. The van der Waals surface area contributed by atoms with Crippen LogP contribution in [0.15, 0.2) is 24.3 Å². The Morgan fingerprint density at radius 2 is 1.88 bits per heavy atom. The number of aldehydes is 1. The monoisotopic (exact) mass is 217 g/mol. The lowest BCUT2D eigenvalue weighted by Gasteiger charge is -2.18. The van der Waals surface area contributed by atoms with E-state index in [4.69, 9.17) is 0 Å². The number of benzene rings is 1. The van der Waals surface area contributed by atoms with Crippen LogP contribution >= 0.6 is 0 Å². The van der Waals surface area contributed by atoms with E-state index in [0.29, 0.717) is 12.3 Å². The van der Waals surface area contributed by atoms with Gasteiger partial charge in [0.25, 0.3) is 0 Å². The Kier molecular flexibility index (Phi) is 3.60. The normalized spacial score (nSPS) is 17.4. The molecule has 1 unspecified atom stereocenters. The van der Waals surface area contributed by atoms with Crippen LogP contribution in [0.3, 0.4) is 0 Å². The molecular formula is C14H19NO. The van der Waals surface area contributed by atoms with Crippen molar-refractivity contribution in [1.82, 2.24) is 0 Å². The number of nitrogens with zero attached hydrogens (tertiary/aromatic N) is 1. The molecule has 0 aromatic heterocycles. The van der Waals surface area contributed by atoms with Crippen molar-refractivity contribution in [3.8, 4) is 0 Å². The molecule has 0 bridgehead atoms. The van der Waals surface area contributed by atoms with Gasteiger partial charge in [0.05, 0.1) is 0 Å². The topological polar surface area (TPSA) is 20.3 Å². The average molecular weight is 217 g/mol. The zero-order valence-corrected chi connectivity index (χ0v) is 9.86. The van der Waals surface area contributed by atoms with Gasteiger partial charge in [-0.05, 0) is 36.5 Å². The van der Waals surface area contributed by atoms with Crippen LogP contribution in [0.1, 0.15) is 37.7 Å². The Bertz CT molecular complexity index is 338. The quantitative estimate of drug-likeness (QED) is 0.723. The third-order valence-corrected chi connectivity index (χ3v) is 3.38. The fourth-order valence-corrected chi connectivity index (χ4v) is 2.27. The second-order valence-electron chi connectivity index (χ2n) is 4.59. The molecular weight excluding hydrogens is 198 g/mol. The molecule has 86 valence electrons. The number of rotatable bonds is 4. The summed E-state index contributed by atoms with van der Waals surface area (Å²) in [5.74, 6) is 0.338. The molecule has 0 saturated carbocycles. The van der Waals surface area contributed by atoms with Gasteiger partial charge in [-0.1, -0.05) is 19.1 Å². The summed E-state index contributed by atoms with van der Waals surface area (Å²) in [6.45, 7) is 4.46. The van der Waals surface area contributed by atoms with E-state index in [0.717, 1.165) is 6.29 Å². The highest BCUT2D eigenvalue weighted by Crippen LogP contribution is 2.24. The van der Waals surface area contributed by atoms with Crippen molar-refractivity contribution in [2.24, 2.45) is 0 Å². The average Bonchev–Trinajstić information content (AvgIpc) is 2.83. The lowest BCUT2D eigenvalue weighted by Crippen LogP contribution is -2.17. The molecule has 1 aliphatic rings. The molecule has 1 aliphatic heterocycles. The molecule has 1 aromatic rings. The second-order valence-corrected chi connectivity index (χ2v) is 4.59. The molecule has 2 rings (SSSR count). The maximum absolute atomic E-state index is 10.5. The predicted molar refractivity (Wildman–Crippen MR) is 67.0 cm³/mol. The highest BCUT2D eigenvalue weighted by molar-refractivity contribution is 5.53. The number of carbonyl (C=O) groups excluding carboxylic acids is 1. The maximum atomic E-state index is 10.5. The fourth-order valence-electron chi connectivity index (χ4n) is 2.27. The van der Waals surface area contributed by atoms with E-state index >= 15 is 0 Å². The summed E-state index contributed by atoms with van der Waals surface area (Å²) in [5, 5.41) is 0. The van der Waals surface area contributed by atoms with Crippen molar-refractivity contribution in [2.45, 2.75) is 32.1 Å². The maximum Gasteiger partial charge on any atom is 0.120 e. The lowest BCUT2D eigenvalue weighted by atomic mass is 9.98. The van der Waals surface area contributed by atoms with E-state index in [1.165, 1.54) is 37.2 Å². The van der Waals surface area contributed by atoms with Crippen molar-refractivity contribution < 1.29 is 4.79 Å². The van der Waals surface area contributed by atoms with Gasteiger partial charge < -0.3 is 9.69 Å². The largest absolute Gasteiger partial charge is 0.372 e. The molecule has 1 aromatic carbocycles. The molecule has 1 saturated heterocycles. The predicted octanol–water partition coefficient (Wildman–Crippen LogP) is 2.98. The van der Waals surface area contributed by atoms with Crippen molar-refractivity contribution in [2.75, 3.05) is 18.0 Å². The molecule has 1 atom stereocenters. The van der Waals surface area contributed by atoms with Gasteiger partial charge in [-0.15, -0.1) is 0 Å². The Hall–Kier alpha value is -1.31. The van der Waals surface area contributed by atoms with Crippen LogP contribution < -0.4 is 4.90 Å². The molecule has 2 nitrogen and oxygen atoms in total. The Morgan fingerprint density at radius 3 is 2.44 bits per heavy atom. The lowest BCUT2D eigenvalue weighted by molar-refractivity contribution is -0.108. The van der Waals surface area contributed by atoms with Crippen LogP contribution in [0.2, 0.25) is 0 Å². The summed E-state index contributed by atoms with van der Waals surface area (Å²) in [6.07, 6.45) is 4.23. The Balaban J connectivity index is 2.06. The number of anilines is 1. The van der Waals surface area contributed by atoms with Crippen LogP contribution in [-0.4, -0.2) is 19.4 Å². The first-order valence-electron chi connectivity index (χ1n) is 6.10. The van der Waals surface area contributed by atoms with Gasteiger partial charge in [-0.3, -0.25) is 0 Å². The van der Waals surface area contributed by atoms with Crippen molar-refractivity contribution >= 4 is 12.0 Å². The standard InChI is InChI=1S/C14H19NO/c1-12(8-11-16)13-4-6-14(7-5-13)15-9-2-3-10-15/h4-7,11-12H,2-3,8-10H2,1H3. The third kappa shape index (κ3) is 2.43. The molecule has 1 heterocycles. The fraction of sp³-hybridized carbons (Fsp3) is 0.500. The van der Waals surface area contributed by atoms with E-state index < -0.39 is 0 Å². The molecule has 2 heteroatoms. The molecule has 16 heavy (non-hydrogen) atoms. The zero-order valence-electron chi connectivity index (χ0n) is 9.86. The third-order valence-electron chi connectivity index (χ3n) is 3.38. The summed E-state index contributed by atoms with van der Waals surface area (Å²) in [4.78, 5) is 12.9. The van der Waals surface area contributed by atoms with Gasteiger partial charge in [0, 0.05) is 25.2 Å². The van der Waals surface area contributed by atoms with Crippen molar-refractivity contribution in [1.29, 1.82) is 0 Å². The second kappa shape index (κ2) is 5.15. The van der Waals surface area contributed by atoms with Gasteiger partial charge in [-0.2, -0.15) is 0 Å². The van der Waals surface area contributed by atoms with Crippen LogP contribution in [0.5, 0.6) is 0 Å². The van der Waals surface area contributed by atoms with Crippen molar-refractivity contribution in [3.05, 3.63) is 29.8 Å². The van der Waals surface area contributed by atoms with Crippen molar-refractivity contribution in [3.63, 3.8) is 0 Å². The van der Waals surface area contributed by atoms with Gasteiger partial charge in [0.15, 0.2) is 0 Å². The van der Waals surface area contributed by atoms with Crippen LogP contribution in [-0.2, 0) is 4.79 Å². The minimum absolute atomic E-state index is 0.338. The molecule has 0 aliphatic carbocycles. The molecule has 0 amide bonds. The summed E-state index contributed by atoms with van der Waals surface area (Å²) in [7, 11) is 0. The molecule has 0 spiro atoms. The van der Waals surface area contributed by atoms with E-state index in [1.54, 1.807) is 0 Å². The molecule has 1 fully saturated rings. The summed E-state index contributed by atoms with van der Waals surface area (Å²) in [6, 6.07) is 8.67. The SMILES string of the molecule is CC(CC=O)c1ccc(N2CCCC2)cc1. The van der Waals surface area contributed by atoms with Gasteiger partial charge in [0.1, 0.15) is 6.29 Å². The first-order chi connectivity index (χ1) is 7.81. The van der Waals surface area contributed by atoms with E-state index in [2.05, 4.69) is 36.1 Å². The summed E-state index contributed by atoms with van der Waals surface area (Å²) >= 11 is 0. The van der Waals surface area contributed by atoms with Crippen LogP contribution in [0.25, 0.3) is 0 Å². The van der Waals surface area contributed by atoms with Gasteiger partial charge in [0.2, 0.25) is 0 Å². The van der Waals surface area contributed by atoms with E-state index in [-0.39, 0.29) is 0 Å². The minimum Gasteiger partial charge on any atom is -0.372 e. The number of carbonyl (C=O) groups is 1. The number of hydrogen-bond acceptors (Lipinski definition) is 2. The first-order valence-corrected chi connectivity index (χ1v) is 6.10. The highest BCUT2D eigenvalue weighted by Gasteiger charge is 2.12. The van der Waals surface area contributed by atoms with Gasteiger partial charge in [-0.25, -0.2) is 0 Å². The molecule has 0 N–H and O–H groups in total. The minimum atomic E-state index is 0.338. The first kappa shape index (κ1) is 11.2. The van der Waals surface area contributed by atoms with Crippen LogP contribution in [0, 0.1) is 0 Å². The zero-order chi connectivity index (χ0) is 11.4. The van der Waals surface area contributed by atoms with E-state index in [9.17, 15) is 4.79 Å². The Morgan fingerprint density at radius 1 is 1.25 bits per heavy atom. The molecule has 0 radical (unpaired) electrons. The summed E-state index contributed by atoms with van der Waals surface area (Å²) < 4.78 is 0. The van der Waals surface area contributed by atoms with E-state index in [1.807, 2.05) is 0 Å². The van der Waals surface area contributed by atoms with Gasteiger partial charge >= 0.3 is 0 Å². The highest BCUT2D eigenvalue weighted by atomic mass is 16.1. The summed E-state index contributed by atoms with van der Waals surface area (Å²) in [5.41, 5.74) is 2.58. The smallest absolute Gasteiger partial charge is 0.120 e. The Labute approximate surface area is 97.3 Å². The van der Waals surface area contributed by atoms with Crippen LogP contribution in [0.4, 0.5) is 5.69 Å².